The molecule has 2 aliphatic rings. The molecule has 2 aliphatic carbocycles. The molecule has 4 nitrogen and oxygen atoms in total. The van der Waals surface area contributed by atoms with E-state index in [1.165, 1.54) is 0 Å². The quantitative estimate of drug-likeness (QED) is 0.734. The molecule has 1 saturated carbocycles. The number of aromatic nitrogens is 2. The second-order valence-electron chi connectivity index (χ2n) is 4.35. The van der Waals surface area contributed by atoms with Gasteiger partial charge in [0.1, 0.15) is 5.69 Å². The molecule has 0 aliphatic heterocycles. The minimum atomic E-state index is -0.898. The van der Waals surface area contributed by atoms with Gasteiger partial charge in [-0.2, -0.15) is 5.10 Å². The van der Waals surface area contributed by atoms with Gasteiger partial charge in [0.2, 0.25) is 0 Å². The summed E-state index contributed by atoms with van der Waals surface area (Å²) in [4.78, 5) is 10.9. The lowest BCUT2D eigenvalue weighted by molar-refractivity contribution is 0.0689. The van der Waals surface area contributed by atoms with E-state index in [0.717, 1.165) is 24.1 Å². The number of aromatic carboxylic acids is 1. The number of carbonyl (C=O) groups is 1. The SMILES string of the molecule is C=CCC1[C@H]2c3n[nH]c(C(=O)O)c3C[C@@H]12. The van der Waals surface area contributed by atoms with Crippen LogP contribution in [0.25, 0.3) is 0 Å². The van der Waals surface area contributed by atoms with Gasteiger partial charge in [0, 0.05) is 11.5 Å². The third kappa shape index (κ3) is 1.02. The predicted octanol–water partition coefficient (Wildman–Crippen LogP) is 1.57. The maximum Gasteiger partial charge on any atom is 0.354 e. The number of fused-ring (bicyclic) bond motifs is 3. The molecule has 0 radical (unpaired) electrons. The van der Waals surface area contributed by atoms with E-state index in [1.54, 1.807) is 0 Å². The minimum Gasteiger partial charge on any atom is -0.477 e. The van der Waals surface area contributed by atoms with Crippen LogP contribution in [0.2, 0.25) is 0 Å². The van der Waals surface area contributed by atoms with Crippen LogP contribution >= 0.6 is 0 Å². The number of H-pyrrole nitrogens is 1. The highest BCUT2D eigenvalue weighted by atomic mass is 16.4. The number of allylic oxidation sites excluding steroid dienone is 1. The number of rotatable bonds is 3. The molecule has 0 aromatic carbocycles. The van der Waals surface area contributed by atoms with Crippen molar-refractivity contribution in [2.75, 3.05) is 0 Å². The summed E-state index contributed by atoms with van der Waals surface area (Å²) in [6.07, 6.45) is 3.83. The summed E-state index contributed by atoms with van der Waals surface area (Å²) in [6, 6.07) is 0. The van der Waals surface area contributed by atoms with Crippen LogP contribution in [0.4, 0.5) is 0 Å². The van der Waals surface area contributed by atoms with E-state index in [1.807, 2.05) is 6.08 Å². The van der Waals surface area contributed by atoms with Gasteiger partial charge in [-0.1, -0.05) is 6.08 Å². The number of carboxylic acid groups (broad SMARTS) is 1. The predicted molar refractivity (Wildman–Crippen MR) is 53.8 cm³/mol. The normalized spacial score (nSPS) is 30.8. The molecule has 1 aromatic rings. The van der Waals surface area contributed by atoms with Gasteiger partial charge < -0.3 is 5.11 Å². The number of nitrogens with zero attached hydrogens (tertiary/aromatic N) is 1. The standard InChI is InChI=1S/C11H12N2O2/c1-2-3-5-6-4-7-9(8(5)6)12-13-10(7)11(14)15/h2,5-6,8H,1,3-4H2,(H,12,13)(H,14,15)/t5?,6-,8+/m0/s1. The maximum absolute atomic E-state index is 10.9. The number of hydrogen-bond acceptors (Lipinski definition) is 2. The Morgan fingerprint density at radius 2 is 2.53 bits per heavy atom. The summed E-state index contributed by atoms with van der Waals surface area (Å²) in [6.45, 7) is 3.74. The highest BCUT2D eigenvalue weighted by Gasteiger charge is 2.57. The highest BCUT2D eigenvalue weighted by molar-refractivity contribution is 5.87. The van der Waals surface area contributed by atoms with Gasteiger partial charge in [-0.3, -0.25) is 5.10 Å². The second kappa shape index (κ2) is 2.72. The molecule has 1 aromatic heterocycles. The van der Waals surface area contributed by atoms with E-state index < -0.39 is 5.97 Å². The zero-order valence-corrected chi connectivity index (χ0v) is 8.23. The molecule has 3 atom stereocenters. The van der Waals surface area contributed by atoms with Gasteiger partial charge in [-0.05, 0) is 24.7 Å². The van der Waals surface area contributed by atoms with Gasteiger partial charge in [-0.15, -0.1) is 6.58 Å². The Balaban J connectivity index is 1.91. The summed E-state index contributed by atoms with van der Waals surface area (Å²) in [5, 5.41) is 15.7. The molecular formula is C11H12N2O2. The Hall–Kier alpha value is -1.58. The Bertz CT molecular complexity index is 449. The van der Waals surface area contributed by atoms with E-state index in [2.05, 4.69) is 16.8 Å². The van der Waals surface area contributed by atoms with Crippen molar-refractivity contribution in [3.05, 3.63) is 29.6 Å². The van der Waals surface area contributed by atoms with Crippen molar-refractivity contribution < 1.29 is 9.90 Å². The van der Waals surface area contributed by atoms with Gasteiger partial charge in [0.05, 0.1) is 5.69 Å². The molecule has 15 heavy (non-hydrogen) atoms. The summed E-state index contributed by atoms with van der Waals surface area (Å²) in [5.74, 6) is 0.862. The molecule has 4 heteroatoms. The molecule has 1 unspecified atom stereocenters. The molecule has 2 N–H and O–H groups in total. The largest absolute Gasteiger partial charge is 0.477 e. The number of carboxylic acids is 1. The Morgan fingerprint density at radius 3 is 3.20 bits per heavy atom. The molecule has 78 valence electrons. The van der Waals surface area contributed by atoms with Crippen molar-refractivity contribution in [3.8, 4) is 0 Å². The fourth-order valence-corrected chi connectivity index (χ4v) is 2.92. The smallest absolute Gasteiger partial charge is 0.354 e. The van der Waals surface area contributed by atoms with Crippen molar-refractivity contribution in [2.24, 2.45) is 11.8 Å². The van der Waals surface area contributed by atoms with Crippen LogP contribution in [0.15, 0.2) is 12.7 Å². The highest BCUT2D eigenvalue weighted by Crippen LogP contribution is 2.62. The van der Waals surface area contributed by atoms with Gasteiger partial charge >= 0.3 is 5.97 Å². The van der Waals surface area contributed by atoms with Crippen molar-refractivity contribution >= 4 is 5.97 Å². The van der Waals surface area contributed by atoms with E-state index in [4.69, 9.17) is 5.11 Å². The molecule has 3 rings (SSSR count). The van der Waals surface area contributed by atoms with Crippen molar-refractivity contribution in [3.63, 3.8) is 0 Å². The minimum absolute atomic E-state index is 0.287. The lowest BCUT2D eigenvalue weighted by Crippen LogP contribution is -2.02. The zero-order chi connectivity index (χ0) is 10.6. The van der Waals surface area contributed by atoms with E-state index in [9.17, 15) is 4.79 Å². The third-order valence-corrected chi connectivity index (χ3v) is 3.64. The van der Waals surface area contributed by atoms with Crippen LogP contribution in [0, 0.1) is 11.8 Å². The first-order valence-electron chi connectivity index (χ1n) is 5.15. The molecule has 0 amide bonds. The van der Waals surface area contributed by atoms with Crippen LogP contribution < -0.4 is 0 Å². The van der Waals surface area contributed by atoms with Crippen molar-refractivity contribution in [2.45, 2.75) is 18.8 Å². The monoisotopic (exact) mass is 204 g/mol. The fraction of sp³-hybridized carbons (Fsp3) is 0.455. The van der Waals surface area contributed by atoms with E-state index in [0.29, 0.717) is 17.8 Å². The number of hydrogen-bond donors (Lipinski definition) is 2. The first-order chi connectivity index (χ1) is 7.24. The maximum atomic E-state index is 10.9. The summed E-state index contributed by atoms with van der Waals surface area (Å²) in [7, 11) is 0. The summed E-state index contributed by atoms with van der Waals surface area (Å²) in [5.41, 5.74) is 2.21. The lowest BCUT2D eigenvalue weighted by atomic mass is 10.0. The molecule has 1 fully saturated rings. The fourth-order valence-electron chi connectivity index (χ4n) is 2.92. The Morgan fingerprint density at radius 1 is 1.73 bits per heavy atom. The van der Waals surface area contributed by atoms with Gasteiger partial charge in [0.25, 0.3) is 0 Å². The van der Waals surface area contributed by atoms with Crippen LogP contribution in [0.5, 0.6) is 0 Å². The molecular weight excluding hydrogens is 192 g/mol. The van der Waals surface area contributed by atoms with Crippen molar-refractivity contribution in [1.82, 2.24) is 10.2 Å². The Kier molecular flexibility index (Phi) is 1.58. The summed E-state index contributed by atoms with van der Waals surface area (Å²) < 4.78 is 0. The Labute approximate surface area is 87.0 Å². The van der Waals surface area contributed by atoms with Crippen molar-refractivity contribution in [1.29, 1.82) is 0 Å². The first-order valence-corrected chi connectivity index (χ1v) is 5.15. The topological polar surface area (TPSA) is 66.0 Å². The zero-order valence-electron chi connectivity index (χ0n) is 8.23. The summed E-state index contributed by atoms with van der Waals surface area (Å²) >= 11 is 0. The molecule has 1 heterocycles. The molecule has 0 bridgehead atoms. The second-order valence-corrected chi connectivity index (χ2v) is 4.35. The lowest BCUT2D eigenvalue weighted by Gasteiger charge is -1.99. The average molecular weight is 204 g/mol. The van der Waals surface area contributed by atoms with Crippen LogP contribution in [-0.2, 0) is 6.42 Å². The molecule has 0 spiro atoms. The third-order valence-electron chi connectivity index (χ3n) is 3.64. The van der Waals surface area contributed by atoms with E-state index in [-0.39, 0.29) is 5.69 Å². The number of aromatic amines is 1. The van der Waals surface area contributed by atoms with Crippen LogP contribution in [-0.4, -0.2) is 21.3 Å². The average Bonchev–Trinajstić information content (AvgIpc) is 2.60. The van der Waals surface area contributed by atoms with Crippen LogP contribution in [0.3, 0.4) is 0 Å². The number of nitrogens with one attached hydrogen (secondary N) is 1. The van der Waals surface area contributed by atoms with Crippen LogP contribution in [0.1, 0.15) is 34.1 Å². The first kappa shape index (κ1) is 8.71. The van der Waals surface area contributed by atoms with Gasteiger partial charge in [-0.25, -0.2) is 4.79 Å². The van der Waals surface area contributed by atoms with Gasteiger partial charge in [0.15, 0.2) is 0 Å². The molecule has 0 saturated heterocycles. The van der Waals surface area contributed by atoms with E-state index >= 15 is 0 Å².